The SMILES string of the molecule is Cc1ccncn1.NOCl.c1cc(-c2cnoc2)ncn1. The van der Waals surface area contributed by atoms with Crippen LogP contribution in [0.25, 0.3) is 11.3 Å². The van der Waals surface area contributed by atoms with Crippen LogP contribution in [0.1, 0.15) is 5.69 Å². The molecule has 0 bridgehead atoms. The second-order valence-electron chi connectivity index (χ2n) is 3.45. The fourth-order valence-electron chi connectivity index (χ4n) is 1.15. The van der Waals surface area contributed by atoms with Gasteiger partial charge in [0.25, 0.3) is 0 Å². The number of hydrogen-bond donors (Lipinski definition) is 1. The minimum Gasteiger partial charge on any atom is -0.364 e. The maximum Gasteiger partial charge on any atom is 0.133 e. The summed E-state index contributed by atoms with van der Waals surface area (Å²) in [7, 11) is 0. The van der Waals surface area contributed by atoms with Crippen molar-refractivity contribution in [2.45, 2.75) is 6.92 Å². The first-order chi connectivity index (χ1) is 10.3. The van der Waals surface area contributed by atoms with Gasteiger partial charge in [-0.2, -0.15) is 10.3 Å². The smallest absolute Gasteiger partial charge is 0.133 e. The van der Waals surface area contributed by atoms with Crippen molar-refractivity contribution in [2.24, 2.45) is 5.90 Å². The molecule has 3 rings (SSSR count). The maximum atomic E-state index is 4.66. The molecular formula is C12H13ClN6O2. The second-order valence-corrected chi connectivity index (χ2v) is 3.63. The summed E-state index contributed by atoms with van der Waals surface area (Å²) in [6.45, 7) is 1.93. The quantitative estimate of drug-likeness (QED) is 0.679. The molecule has 0 saturated heterocycles. The van der Waals surface area contributed by atoms with Crippen LogP contribution in [0.15, 0.2) is 54.2 Å². The van der Waals surface area contributed by atoms with Crippen molar-refractivity contribution < 1.29 is 8.91 Å². The van der Waals surface area contributed by atoms with Crippen LogP contribution in [0, 0.1) is 6.92 Å². The zero-order valence-electron chi connectivity index (χ0n) is 11.1. The van der Waals surface area contributed by atoms with Crippen molar-refractivity contribution in [1.29, 1.82) is 0 Å². The van der Waals surface area contributed by atoms with Gasteiger partial charge in [0.2, 0.25) is 0 Å². The van der Waals surface area contributed by atoms with Gasteiger partial charge >= 0.3 is 0 Å². The summed E-state index contributed by atoms with van der Waals surface area (Å²) in [5, 5.41) is 3.56. The van der Waals surface area contributed by atoms with E-state index in [-0.39, 0.29) is 0 Å². The number of hydrogen-bond acceptors (Lipinski definition) is 8. The fourth-order valence-corrected chi connectivity index (χ4v) is 1.15. The molecule has 0 radical (unpaired) electrons. The van der Waals surface area contributed by atoms with E-state index in [1.165, 1.54) is 12.7 Å². The third kappa shape index (κ3) is 7.06. The van der Waals surface area contributed by atoms with Gasteiger partial charge in [-0.15, -0.1) is 0 Å². The second kappa shape index (κ2) is 10.4. The van der Waals surface area contributed by atoms with Gasteiger partial charge in [-0.1, -0.05) is 5.16 Å². The lowest BCUT2D eigenvalue weighted by atomic mass is 10.2. The van der Waals surface area contributed by atoms with E-state index in [4.69, 9.17) is 0 Å². The molecule has 3 aromatic rings. The standard InChI is InChI=1S/C7H5N3O.C5H6N2.ClH2NO/c1-2-8-5-9-7(1)6-3-10-11-4-6;1-5-2-3-6-4-7-5;1-3-2/h1-5H;2-4H,1H3;2H2. The summed E-state index contributed by atoms with van der Waals surface area (Å²) in [6, 6.07) is 3.66. The highest BCUT2D eigenvalue weighted by Gasteiger charge is 1.98. The van der Waals surface area contributed by atoms with Gasteiger partial charge in [0.1, 0.15) is 18.9 Å². The number of halogens is 1. The van der Waals surface area contributed by atoms with Crippen molar-refractivity contribution in [3.63, 3.8) is 0 Å². The van der Waals surface area contributed by atoms with Crippen LogP contribution in [0.5, 0.6) is 0 Å². The lowest BCUT2D eigenvalue weighted by Crippen LogP contribution is -1.80. The molecule has 21 heavy (non-hydrogen) atoms. The molecule has 0 aliphatic carbocycles. The Morgan fingerprint density at radius 1 is 1.14 bits per heavy atom. The Morgan fingerprint density at radius 3 is 2.19 bits per heavy atom. The van der Waals surface area contributed by atoms with E-state index in [9.17, 15) is 0 Å². The Bertz CT molecular complexity index is 579. The highest BCUT2D eigenvalue weighted by atomic mass is 35.5. The van der Waals surface area contributed by atoms with E-state index < -0.39 is 0 Å². The van der Waals surface area contributed by atoms with Crippen LogP contribution in [-0.4, -0.2) is 25.1 Å². The van der Waals surface area contributed by atoms with Crippen LogP contribution >= 0.6 is 11.9 Å². The first kappa shape index (κ1) is 16.6. The van der Waals surface area contributed by atoms with Gasteiger partial charge in [0, 0.05) is 18.1 Å². The molecule has 0 aromatic carbocycles. The third-order valence-corrected chi connectivity index (χ3v) is 2.04. The summed E-state index contributed by atoms with van der Waals surface area (Å²) in [5.41, 5.74) is 2.70. The van der Waals surface area contributed by atoms with E-state index in [1.807, 2.05) is 13.0 Å². The lowest BCUT2D eigenvalue weighted by Gasteiger charge is -1.89. The van der Waals surface area contributed by atoms with Crippen LogP contribution < -0.4 is 5.90 Å². The highest BCUT2D eigenvalue weighted by molar-refractivity contribution is 6.07. The zero-order valence-corrected chi connectivity index (χ0v) is 11.9. The maximum absolute atomic E-state index is 4.66. The summed E-state index contributed by atoms with van der Waals surface area (Å²) < 4.78 is 7.88. The average molecular weight is 309 g/mol. The molecular weight excluding hydrogens is 296 g/mol. The Kier molecular flexibility index (Phi) is 8.22. The number of aryl methyl sites for hydroxylation is 1. The summed E-state index contributed by atoms with van der Waals surface area (Å²) in [4.78, 5) is 15.4. The Labute approximate surface area is 126 Å². The van der Waals surface area contributed by atoms with Crippen molar-refractivity contribution in [1.82, 2.24) is 25.1 Å². The first-order valence-corrected chi connectivity index (χ1v) is 5.94. The van der Waals surface area contributed by atoms with Crippen LogP contribution in [0.3, 0.4) is 0 Å². The van der Waals surface area contributed by atoms with E-state index in [0.29, 0.717) is 0 Å². The molecule has 0 aliphatic rings. The van der Waals surface area contributed by atoms with Gasteiger partial charge in [0.05, 0.1) is 29.3 Å². The fraction of sp³-hybridized carbons (Fsp3) is 0.0833. The predicted molar refractivity (Wildman–Crippen MR) is 75.4 cm³/mol. The molecule has 110 valence electrons. The minimum atomic E-state index is 0.821. The predicted octanol–water partition coefficient (Wildman–Crippen LogP) is 1.95. The van der Waals surface area contributed by atoms with Gasteiger partial charge in [-0.25, -0.2) is 19.9 Å². The molecule has 3 aromatic heterocycles. The third-order valence-electron chi connectivity index (χ3n) is 2.04. The van der Waals surface area contributed by atoms with Crippen molar-refractivity contribution in [2.75, 3.05) is 0 Å². The van der Waals surface area contributed by atoms with Gasteiger partial charge in [-0.3, -0.25) is 0 Å². The van der Waals surface area contributed by atoms with E-state index in [2.05, 4.69) is 51.8 Å². The monoisotopic (exact) mass is 308 g/mol. The summed E-state index contributed by atoms with van der Waals surface area (Å²) in [6.07, 6.45) is 9.58. The lowest BCUT2D eigenvalue weighted by molar-refractivity contribution is 0.373. The number of nitrogens with zero attached hydrogens (tertiary/aromatic N) is 5. The largest absolute Gasteiger partial charge is 0.364 e. The molecule has 0 saturated carbocycles. The molecule has 9 heteroatoms. The molecule has 0 unspecified atom stereocenters. The van der Waals surface area contributed by atoms with E-state index >= 15 is 0 Å². The molecule has 0 spiro atoms. The van der Waals surface area contributed by atoms with Crippen LogP contribution in [0.4, 0.5) is 0 Å². The summed E-state index contributed by atoms with van der Waals surface area (Å²) >= 11 is 4.28. The Hall–Kier alpha value is -2.42. The van der Waals surface area contributed by atoms with Crippen LogP contribution in [0.2, 0.25) is 0 Å². The van der Waals surface area contributed by atoms with Crippen molar-refractivity contribution in [3.8, 4) is 11.3 Å². The molecule has 8 nitrogen and oxygen atoms in total. The van der Waals surface area contributed by atoms with Crippen molar-refractivity contribution in [3.05, 3.63) is 55.3 Å². The molecule has 2 N–H and O–H groups in total. The number of nitrogens with two attached hydrogens (primary N) is 1. The van der Waals surface area contributed by atoms with Gasteiger partial charge in [0.15, 0.2) is 0 Å². The first-order valence-electron chi connectivity index (χ1n) is 5.63. The Morgan fingerprint density at radius 2 is 1.81 bits per heavy atom. The molecule has 0 atom stereocenters. The molecule has 0 amide bonds. The zero-order chi connectivity index (χ0) is 15.3. The molecule has 0 aliphatic heterocycles. The topological polar surface area (TPSA) is 113 Å². The summed E-state index contributed by atoms with van der Waals surface area (Å²) in [5.74, 6) is 4.11. The van der Waals surface area contributed by atoms with Crippen LogP contribution in [-0.2, 0) is 4.39 Å². The van der Waals surface area contributed by atoms with E-state index in [1.54, 1.807) is 30.9 Å². The average Bonchev–Trinajstić information content (AvgIpc) is 3.05. The molecule has 0 fully saturated rings. The normalized spacial score (nSPS) is 8.90. The van der Waals surface area contributed by atoms with Gasteiger partial charge < -0.3 is 4.52 Å². The highest BCUT2D eigenvalue weighted by Crippen LogP contribution is 2.12. The number of aromatic nitrogens is 5. The van der Waals surface area contributed by atoms with Crippen molar-refractivity contribution >= 4 is 11.9 Å². The van der Waals surface area contributed by atoms with Gasteiger partial charge in [-0.05, 0) is 19.1 Å². The minimum absolute atomic E-state index is 0.821. The molecule has 3 heterocycles. The van der Waals surface area contributed by atoms with E-state index in [0.717, 1.165) is 17.0 Å². The number of rotatable bonds is 1. The Balaban J connectivity index is 0.000000190.